The lowest BCUT2D eigenvalue weighted by Crippen LogP contribution is -2.43. The van der Waals surface area contributed by atoms with E-state index in [1.807, 2.05) is 12.1 Å². The van der Waals surface area contributed by atoms with Crippen molar-refractivity contribution in [2.24, 2.45) is 0 Å². The minimum Gasteiger partial charge on any atom is -0.437 e. The van der Waals surface area contributed by atoms with Crippen LogP contribution in [0.5, 0.6) is 0 Å². The predicted molar refractivity (Wildman–Crippen MR) is 60.0 cm³/mol. The molecule has 0 aromatic carbocycles. The fraction of sp³-hybridized carbons (Fsp3) is 0.455. The first-order valence-electron chi connectivity index (χ1n) is 5.47. The number of nitrogens with zero attached hydrogens (tertiary/aromatic N) is 3. The largest absolute Gasteiger partial charge is 0.437 e. The van der Waals surface area contributed by atoms with Gasteiger partial charge in [0.1, 0.15) is 0 Å². The van der Waals surface area contributed by atoms with Crippen LogP contribution in [0.25, 0.3) is 11.2 Å². The second-order valence-corrected chi connectivity index (χ2v) is 4.08. The molecule has 5 heteroatoms. The minimum absolute atomic E-state index is 0.211. The fourth-order valence-electron chi connectivity index (χ4n) is 2.01. The molecule has 0 radical (unpaired) electrons. The van der Waals surface area contributed by atoms with E-state index < -0.39 is 0 Å². The van der Waals surface area contributed by atoms with Gasteiger partial charge in [-0.3, -0.25) is 4.90 Å². The molecule has 0 saturated carbocycles. The Morgan fingerprint density at radius 1 is 1.56 bits per heavy atom. The van der Waals surface area contributed by atoms with Crippen molar-refractivity contribution < 1.29 is 4.42 Å². The summed E-state index contributed by atoms with van der Waals surface area (Å²) in [5.41, 5.74) is 1.45. The highest BCUT2D eigenvalue weighted by Crippen LogP contribution is 2.23. The van der Waals surface area contributed by atoms with Crippen molar-refractivity contribution in [3.05, 3.63) is 24.2 Å². The Labute approximate surface area is 93.5 Å². The van der Waals surface area contributed by atoms with Crippen LogP contribution in [-0.4, -0.2) is 41.5 Å². The average Bonchev–Trinajstić information content (AvgIpc) is 2.73. The van der Waals surface area contributed by atoms with Gasteiger partial charge in [0.05, 0.1) is 6.04 Å². The molecule has 0 spiro atoms. The molecule has 1 fully saturated rings. The number of fused-ring (bicyclic) bond motifs is 1. The van der Waals surface area contributed by atoms with Gasteiger partial charge in [0.25, 0.3) is 0 Å². The monoisotopic (exact) mass is 218 g/mol. The molecule has 3 rings (SSSR count). The van der Waals surface area contributed by atoms with Crippen LogP contribution >= 0.6 is 0 Å². The van der Waals surface area contributed by atoms with Gasteiger partial charge >= 0.3 is 0 Å². The lowest BCUT2D eigenvalue weighted by molar-refractivity contribution is 0.175. The molecule has 1 unspecified atom stereocenters. The molecule has 2 aromatic heterocycles. The van der Waals surface area contributed by atoms with E-state index in [1.165, 1.54) is 0 Å². The van der Waals surface area contributed by atoms with E-state index in [2.05, 4.69) is 27.2 Å². The summed E-state index contributed by atoms with van der Waals surface area (Å²) in [5, 5.41) is 3.35. The number of pyridine rings is 1. The van der Waals surface area contributed by atoms with Crippen LogP contribution in [0.3, 0.4) is 0 Å². The number of aromatic nitrogens is 2. The van der Waals surface area contributed by atoms with Crippen molar-refractivity contribution in [1.29, 1.82) is 0 Å². The molecule has 1 atom stereocenters. The van der Waals surface area contributed by atoms with Crippen molar-refractivity contribution in [2.75, 3.05) is 26.7 Å². The van der Waals surface area contributed by atoms with Gasteiger partial charge in [0.15, 0.2) is 11.2 Å². The number of nitrogens with one attached hydrogen (secondary N) is 1. The summed E-state index contributed by atoms with van der Waals surface area (Å²) in [5.74, 6) is 0.753. The van der Waals surface area contributed by atoms with Gasteiger partial charge in [-0.15, -0.1) is 0 Å². The third kappa shape index (κ3) is 1.58. The molecular formula is C11H14N4O. The first-order chi connectivity index (χ1) is 7.84. The van der Waals surface area contributed by atoms with Crippen molar-refractivity contribution in [1.82, 2.24) is 20.2 Å². The van der Waals surface area contributed by atoms with Crippen LogP contribution in [0.2, 0.25) is 0 Å². The molecule has 5 nitrogen and oxygen atoms in total. The molecular weight excluding hydrogens is 204 g/mol. The Hall–Kier alpha value is -1.46. The zero-order valence-corrected chi connectivity index (χ0v) is 9.18. The van der Waals surface area contributed by atoms with Crippen molar-refractivity contribution >= 4 is 11.2 Å². The molecule has 3 heterocycles. The zero-order chi connectivity index (χ0) is 11.0. The summed E-state index contributed by atoms with van der Waals surface area (Å²) in [6.07, 6.45) is 1.73. The fourth-order valence-corrected chi connectivity index (χ4v) is 2.01. The van der Waals surface area contributed by atoms with E-state index in [0.29, 0.717) is 5.65 Å². The van der Waals surface area contributed by atoms with E-state index in [9.17, 15) is 0 Å². The van der Waals surface area contributed by atoms with Gasteiger partial charge in [-0.05, 0) is 19.2 Å². The van der Waals surface area contributed by atoms with Crippen LogP contribution < -0.4 is 5.32 Å². The molecule has 2 aromatic rings. The highest BCUT2D eigenvalue weighted by molar-refractivity contribution is 5.66. The van der Waals surface area contributed by atoms with Gasteiger partial charge in [0, 0.05) is 25.8 Å². The Balaban J connectivity index is 1.98. The van der Waals surface area contributed by atoms with Gasteiger partial charge < -0.3 is 9.73 Å². The van der Waals surface area contributed by atoms with Gasteiger partial charge in [-0.2, -0.15) is 4.98 Å². The summed E-state index contributed by atoms with van der Waals surface area (Å²) < 4.78 is 5.72. The molecule has 16 heavy (non-hydrogen) atoms. The van der Waals surface area contributed by atoms with Crippen LogP contribution in [0.15, 0.2) is 22.7 Å². The first-order valence-corrected chi connectivity index (χ1v) is 5.47. The van der Waals surface area contributed by atoms with Crippen molar-refractivity contribution in [2.45, 2.75) is 6.04 Å². The third-order valence-electron chi connectivity index (χ3n) is 2.98. The summed E-state index contributed by atoms with van der Waals surface area (Å²) in [6.45, 7) is 2.91. The number of hydrogen-bond acceptors (Lipinski definition) is 5. The zero-order valence-electron chi connectivity index (χ0n) is 9.18. The number of oxazole rings is 1. The van der Waals surface area contributed by atoms with E-state index >= 15 is 0 Å². The highest BCUT2D eigenvalue weighted by Gasteiger charge is 2.25. The van der Waals surface area contributed by atoms with E-state index in [0.717, 1.165) is 31.1 Å². The van der Waals surface area contributed by atoms with Gasteiger partial charge in [-0.25, -0.2) is 4.98 Å². The normalized spacial score (nSPS) is 22.7. The second kappa shape index (κ2) is 3.84. The summed E-state index contributed by atoms with van der Waals surface area (Å²) >= 11 is 0. The van der Waals surface area contributed by atoms with E-state index in [4.69, 9.17) is 4.42 Å². The molecule has 0 amide bonds. The quantitative estimate of drug-likeness (QED) is 0.767. The minimum atomic E-state index is 0.211. The van der Waals surface area contributed by atoms with Crippen molar-refractivity contribution in [3.63, 3.8) is 0 Å². The van der Waals surface area contributed by atoms with Crippen LogP contribution in [-0.2, 0) is 0 Å². The second-order valence-electron chi connectivity index (χ2n) is 4.08. The molecule has 1 aliphatic rings. The van der Waals surface area contributed by atoms with Crippen LogP contribution in [0, 0.1) is 0 Å². The van der Waals surface area contributed by atoms with Crippen LogP contribution in [0.4, 0.5) is 0 Å². The average molecular weight is 218 g/mol. The number of likely N-dealkylation sites (N-methyl/N-ethyl adjacent to an activating group) is 1. The maximum absolute atomic E-state index is 5.72. The predicted octanol–water partition coefficient (Wildman–Crippen LogP) is 0.799. The maximum atomic E-state index is 5.72. The molecule has 0 bridgehead atoms. The first kappa shape index (κ1) is 9.74. The number of hydrogen-bond donors (Lipinski definition) is 1. The molecule has 1 aliphatic heterocycles. The Bertz CT molecular complexity index is 462. The van der Waals surface area contributed by atoms with Gasteiger partial charge in [-0.1, -0.05) is 0 Å². The smallest absolute Gasteiger partial charge is 0.215 e. The number of piperazine rings is 1. The topological polar surface area (TPSA) is 54.2 Å². The molecule has 84 valence electrons. The SMILES string of the molecule is CN1CCNCC1c1nc2ncccc2o1. The standard InChI is InChI=1S/C11H14N4O/c1-15-6-5-12-7-8(15)11-14-10-9(16-11)3-2-4-13-10/h2-4,8,12H,5-7H2,1H3. The Morgan fingerprint density at radius 3 is 3.31 bits per heavy atom. The van der Waals surface area contributed by atoms with Gasteiger partial charge in [0.2, 0.25) is 5.89 Å². The Kier molecular flexibility index (Phi) is 2.34. The Morgan fingerprint density at radius 2 is 2.50 bits per heavy atom. The van der Waals surface area contributed by atoms with Crippen molar-refractivity contribution in [3.8, 4) is 0 Å². The summed E-state index contributed by atoms with van der Waals surface area (Å²) in [4.78, 5) is 10.9. The van der Waals surface area contributed by atoms with E-state index in [-0.39, 0.29) is 6.04 Å². The highest BCUT2D eigenvalue weighted by atomic mass is 16.4. The van der Waals surface area contributed by atoms with E-state index in [1.54, 1.807) is 6.20 Å². The molecule has 1 saturated heterocycles. The van der Waals surface area contributed by atoms with Crippen LogP contribution in [0.1, 0.15) is 11.9 Å². The maximum Gasteiger partial charge on any atom is 0.215 e. The number of rotatable bonds is 1. The lowest BCUT2D eigenvalue weighted by atomic mass is 10.2. The summed E-state index contributed by atoms with van der Waals surface area (Å²) in [7, 11) is 2.09. The molecule has 1 N–H and O–H groups in total. The lowest BCUT2D eigenvalue weighted by Gasteiger charge is -2.30. The summed E-state index contributed by atoms with van der Waals surface area (Å²) in [6, 6.07) is 3.97. The third-order valence-corrected chi connectivity index (χ3v) is 2.98. The molecule has 0 aliphatic carbocycles.